The minimum absolute atomic E-state index is 0.289. The predicted molar refractivity (Wildman–Crippen MR) is 321 cm³/mol. The zero-order chi connectivity index (χ0) is 52.4. The molecule has 0 aliphatic heterocycles. The fraction of sp³-hybridized carbons (Fsp3) is 0. The monoisotopic (exact) mass is 1030 g/mol. The lowest BCUT2D eigenvalue weighted by Gasteiger charge is -2.29. The van der Waals surface area contributed by atoms with Crippen molar-refractivity contribution in [2.24, 2.45) is 0 Å². The first-order valence-electron chi connectivity index (χ1n) is 26.7. The third-order valence-corrected chi connectivity index (χ3v) is 15.9. The molecule has 17 rings (SSSR count). The van der Waals surface area contributed by atoms with Crippen molar-refractivity contribution in [3.8, 4) is 68.6 Å². The Kier molecular flexibility index (Phi) is 9.48. The molecule has 0 amide bonds. The van der Waals surface area contributed by atoms with Crippen LogP contribution in [0.15, 0.2) is 264 Å². The number of rotatable bonds is 8. The summed E-state index contributed by atoms with van der Waals surface area (Å²) in [5.74, 6) is 1.32. The molecule has 0 bridgehead atoms. The minimum Gasteiger partial charge on any atom is -0.416 e. The number of hydrogen-bond acceptors (Lipinski definition) is 6. The number of nitrogens with zero attached hydrogens (tertiary/aromatic N) is 8. The van der Waals surface area contributed by atoms with E-state index in [1.807, 2.05) is 60.7 Å². The summed E-state index contributed by atoms with van der Waals surface area (Å²) < 4.78 is 24.3. The Balaban J connectivity index is 1.24. The summed E-state index contributed by atoms with van der Waals surface area (Å²) in [6.45, 7) is 0. The molecular weight excluding hydrogens is 985 g/mol. The number of benzene rings is 11. The van der Waals surface area contributed by atoms with Crippen LogP contribution in [0.1, 0.15) is 0 Å². The van der Waals surface area contributed by atoms with Crippen molar-refractivity contribution in [2.75, 3.05) is 0 Å². The van der Waals surface area contributed by atoms with Gasteiger partial charge in [0.05, 0.1) is 78.0 Å². The van der Waals surface area contributed by atoms with Gasteiger partial charge in [-0.15, -0.1) is 20.4 Å². The van der Waals surface area contributed by atoms with Gasteiger partial charge in [-0.25, -0.2) is 0 Å². The van der Waals surface area contributed by atoms with Crippen molar-refractivity contribution >= 4 is 87.2 Å². The highest BCUT2D eigenvalue weighted by molar-refractivity contribution is 6.18. The molecule has 0 radical (unpaired) electrons. The molecular formula is C70H42N8O2. The van der Waals surface area contributed by atoms with E-state index < -0.39 is 0 Å². The van der Waals surface area contributed by atoms with Crippen molar-refractivity contribution in [2.45, 2.75) is 0 Å². The van der Waals surface area contributed by atoms with Crippen LogP contribution < -0.4 is 0 Å². The van der Waals surface area contributed by atoms with Crippen molar-refractivity contribution in [1.29, 1.82) is 0 Å². The molecule has 6 heterocycles. The molecule has 6 aromatic heterocycles. The van der Waals surface area contributed by atoms with E-state index in [-0.39, 0.29) is 11.8 Å². The largest absolute Gasteiger partial charge is 0.416 e. The molecule has 11 aromatic carbocycles. The number of fused-ring (bicyclic) bond motifs is 12. The average Bonchev–Trinajstić information content (AvgIpc) is 4.54. The molecule has 17 aromatic rings. The van der Waals surface area contributed by atoms with Crippen LogP contribution in [0.3, 0.4) is 0 Å². The Labute approximate surface area is 455 Å². The first kappa shape index (κ1) is 44.1. The number of para-hydroxylation sites is 8. The van der Waals surface area contributed by atoms with Gasteiger partial charge in [0.2, 0.25) is 11.8 Å². The summed E-state index contributed by atoms with van der Waals surface area (Å²) in [5, 5.41) is 29.0. The van der Waals surface area contributed by atoms with Gasteiger partial charge >= 0.3 is 0 Å². The third-order valence-electron chi connectivity index (χ3n) is 15.9. The van der Waals surface area contributed by atoms with Crippen LogP contribution in [0, 0.1) is 0 Å². The van der Waals surface area contributed by atoms with Gasteiger partial charge in [0.1, 0.15) is 0 Å². The molecule has 374 valence electrons. The van der Waals surface area contributed by atoms with Crippen LogP contribution in [0.5, 0.6) is 0 Å². The molecule has 0 fully saturated rings. The lowest BCUT2D eigenvalue weighted by molar-refractivity contribution is 0.581. The summed E-state index contributed by atoms with van der Waals surface area (Å²) >= 11 is 0. The number of aromatic nitrogens is 8. The molecule has 0 saturated heterocycles. The quantitative estimate of drug-likeness (QED) is 0.150. The van der Waals surface area contributed by atoms with E-state index in [2.05, 4.69) is 212 Å². The highest BCUT2D eigenvalue weighted by atomic mass is 16.4. The van der Waals surface area contributed by atoms with Crippen molar-refractivity contribution in [3.05, 3.63) is 255 Å². The molecule has 0 unspecified atom stereocenters. The average molecular weight is 1030 g/mol. The van der Waals surface area contributed by atoms with Crippen LogP contribution in [-0.2, 0) is 0 Å². The van der Waals surface area contributed by atoms with Gasteiger partial charge in [-0.1, -0.05) is 182 Å². The van der Waals surface area contributed by atoms with Gasteiger partial charge in [0, 0.05) is 54.2 Å². The van der Waals surface area contributed by atoms with E-state index >= 15 is 0 Å². The van der Waals surface area contributed by atoms with E-state index in [0.717, 1.165) is 115 Å². The highest BCUT2D eigenvalue weighted by Gasteiger charge is 2.38. The van der Waals surface area contributed by atoms with Crippen LogP contribution >= 0.6 is 0 Å². The Morgan fingerprint density at radius 1 is 0.200 bits per heavy atom. The highest BCUT2D eigenvalue weighted by Crippen LogP contribution is 2.54. The first-order valence-corrected chi connectivity index (χ1v) is 26.7. The van der Waals surface area contributed by atoms with Gasteiger partial charge < -0.3 is 27.1 Å². The van der Waals surface area contributed by atoms with Gasteiger partial charge in [-0.05, 0) is 72.8 Å². The maximum Gasteiger partial charge on any atom is 0.252 e. The maximum absolute atomic E-state index is 7.33. The van der Waals surface area contributed by atoms with E-state index in [1.165, 1.54) is 0 Å². The van der Waals surface area contributed by atoms with Crippen LogP contribution in [0.25, 0.3) is 156 Å². The third kappa shape index (κ3) is 6.29. The van der Waals surface area contributed by atoms with Gasteiger partial charge in [0.25, 0.3) is 11.8 Å². The zero-order valence-corrected chi connectivity index (χ0v) is 42.6. The molecule has 10 nitrogen and oxygen atoms in total. The molecule has 10 heteroatoms. The Bertz CT molecular complexity index is 4900. The molecule has 0 aliphatic rings. The second kappa shape index (κ2) is 17.2. The molecule has 80 heavy (non-hydrogen) atoms. The Morgan fingerprint density at radius 2 is 0.412 bits per heavy atom. The van der Waals surface area contributed by atoms with Crippen LogP contribution in [0.2, 0.25) is 0 Å². The SMILES string of the molecule is c1ccc(-c2nnc(-c3c(-n4c5ccccc5c5ccccc54)c(-c4nnc(-c5ccccc5)o4)c(-n4c5ccccc5c5ccccc54)c(-n4c5ccccc5c5ccccc54)c3-n3c4ccccc4c4ccccc43)o2)cc1. The molecule has 0 N–H and O–H groups in total. The molecule has 0 atom stereocenters. The fourth-order valence-electron chi connectivity index (χ4n) is 12.7. The maximum atomic E-state index is 7.33. The zero-order valence-electron chi connectivity index (χ0n) is 42.6. The summed E-state index contributed by atoms with van der Waals surface area (Å²) in [6.07, 6.45) is 0. The van der Waals surface area contributed by atoms with Gasteiger partial charge in [-0.2, -0.15) is 0 Å². The van der Waals surface area contributed by atoms with E-state index in [4.69, 9.17) is 29.2 Å². The van der Waals surface area contributed by atoms with Crippen LogP contribution in [0.4, 0.5) is 0 Å². The Hall–Kier alpha value is -11.1. The van der Waals surface area contributed by atoms with Crippen LogP contribution in [-0.4, -0.2) is 38.7 Å². The second-order valence-electron chi connectivity index (χ2n) is 20.2. The lowest BCUT2D eigenvalue weighted by atomic mass is 9.96. The topological polar surface area (TPSA) is 97.6 Å². The van der Waals surface area contributed by atoms with E-state index in [0.29, 0.717) is 28.6 Å². The Morgan fingerprint density at radius 3 is 0.688 bits per heavy atom. The first-order chi connectivity index (χ1) is 39.8. The summed E-state index contributed by atoms with van der Waals surface area (Å²) in [5.41, 5.74) is 13.8. The molecule has 0 saturated carbocycles. The normalized spacial score (nSPS) is 12.0. The van der Waals surface area contributed by atoms with Crippen molar-refractivity contribution in [1.82, 2.24) is 38.7 Å². The smallest absolute Gasteiger partial charge is 0.252 e. The standard InChI is InChI=1S/C70H42N8O2/c1-3-23-43(24-4-1)67-71-73-69(79-67)61-63(75-53-35-15-7-27-45(53)46-28-8-16-36-54(46)75)62(70-74-72-68(80-70)44-25-5-2-6-26-44)65(77-57-39-19-11-31-49(57)50-32-12-20-40-58(50)77)66(78-59-41-21-13-33-51(59)52-34-14-22-42-60(52)78)64(61)76-55-37-17-9-29-47(55)48-30-10-18-38-56(48)76/h1-42H. The fourth-order valence-corrected chi connectivity index (χ4v) is 12.7. The summed E-state index contributed by atoms with van der Waals surface area (Å²) in [4.78, 5) is 0. The van der Waals surface area contributed by atoms with Gasteiger partial charge in [0.15, 0.2) is 0 Å². The minimum atomic E-state index is 0.289. The number of hydrogen-bond donors (Lipinski definition) is 0. The van der Waals surface area contributed by atoms with E-state index in [9.17, 15) is 0 Å². The second-order valence-corrected chi connectivity index (χ2v) is 20.2. The van der Waals surface area contributed by atoms with E-state index in [1.54, 1.807) is 0 Å². The molecule has 0 aliphatic carbocycles. The van der Waals surface area contributed by atoms with Crippen molar-refractivity contribution < 1.29 is 8.83 Å². The lowest BCUT2D eigenvalue weighted by Crippen LogP contribution is -2.16. The van der Waals surface area contributed by atoms with Crippen molar-refractivity contribution in [3.63, 3.8) is 0 Å². The molecule has 0 spiro atoms. The summed E-state index contributed by atoms with van der Waals surface area (Å²) in [7, 11) is 0. The summed E-state index contributed by atoms with van der Waals surface area (Å²) in [6, 6.07) is 89.2. The predicted octanol–water partition coefficient (Wildman–Crippen LogP) is 17.5. The van der Waals surface area contributed by atoms with Gasteiger partial charge in [-0.3, -0.25) is 0 Å².